The Morgan fingerprint density at radius 2 is 2.00 bits per heavy atom. The summed E-state index contributed by atoms with van der Waals surface area (Å²) in [7, 11) is 0. The van der Waals surface area contributed by atoms with Crippen molar-refractivity contribution in [3.63, 3.8) is 0 Å². The van der Waals surface area contributed by atoms with Crippen LogP contribution < -0.4 is 10.6 Å². The zero-order valence-electron chi connectivity index (χ0n) is 14.5. The SMILES string of the molecule is CC(C)OCCCNC(=O)c1ccc(NC(=O)C2=CSCCO2)cc1. The molecule has 2 N–H and O–H groups in total. The van der Waals surface area contributed by atoms with E-state index in [0.717, 1.165) is 12.2 Å². The quantitative estimate of drug-likeness (QED) is 0.694. The molecular formula is C18H24N2O4S. The third kappa shape index (κ3) is 6.80. The van der Waals surface area contributed by atoms with E-state index in [-0.39, 0.29) is 17.9 Å². The number of amides is 2. The number of nitrogens with one attached hydrogen (secondary N) is 2. The lowest BCUT2D eigenvalue weighted by Crippen LogP contribution is -2.25. The van der Waals surface area contributed by atoms with Gasteiger partial charge in [-0.15, -0.1) is 11.8 Å². The summed E-state index contributed by atoms with van der Waals surface area (Å²) in [5.74, 6) is 0.748. The Balaban J connectivity index is 1.77. The van der Waals surface area contributed by atoms with Crippen LogP contribution in [0.25, 0.3) is 0 Å². The first-order chi connectivity index (χ1) is 12.1. The van der Waals surface area contributed by atoms with Crippen LogP contribution in [0.1, 0.15) is 30.6 Å². The lowest BCUT2D eigenvalue weighted by atomic mass is 10.2. The molecule has 1 aliphatic rings. The summed E-state index contributed by atoms with van der Waals surface area (Å²) in [6, 6.07) is 6.76. The molecule has 0 aromatic heterocycles. The minimum absolute atomic E-state index is 0.142. The number of hydrogen-bond donors (Lipinski definition) is 2. The molecule has 1 heterocycles. The van der Waals surface area contributed by atoms with Crippen LogP contribution in [0.3, 0.4) is 0 Å². The summed E-state index contributed by atoms with van der Waals surface area (Å²) in [5, 5.41) is 7.31. The molecule has 25 heavy (non-hydrogen) atoms. The van der Waals surface area contributed by atoms with E-state index in [0.29, 0.717) is 36.8 Å². The van der Waals surface area contributed by atoms with Crippen molar-refractivity contribution in [3.05, 3.63) is 41.0 Å². The molecule has 1 aliphatic heterocycles. The number of anilines is 1. The van der Waals surface area contributed by atoms with Gasteiger partial charge in [0.15, 0.2) is 5.76 Å². The number of ether oxygens (including phenoxy) is 2. The highest BCUT2D eigenvalue weighted by molar-refractivity contribution is 8.02. The van der Waals surface area contributed by atoms with Gasteiger partial charge in [-0.2, -0.15) is 0 Å². The van der Waals surface area contributed by atoms with Crippen LogP contribution in [-0.2, 0) is 14.3 Å². The Morgan fingerprint density at radius 3 is 2.64 bits per heavy atom. The fraction of sp³-hybridized carbons (Fsp3) is 0.444. The van der Waals surface area contributed by atoms with Crippen molar-refractivity contribution >= 4 is 29.3 Å². The second kappa shape index (κ2) is 10.1. The summed E-state index contributed by atoms with van der Waals surface area (Å²) in [5.41, 5.74) is 1.17. The predicted molar refractivity (Wildman–Crippen MR) is 99.6 cm³/mol. The molecule has 2 rings (SSSR count). The normalized spacial score (nSPS) is 13.8. The Kier molecular flexibility index (Phi) is 7.81. The van der Waals surface area contributed by atoms with Crippen molar-refractivity contribution in [2.45, 2.75) is 26.4 Å². The average Bonchev–Trinajstić information content (AvgIpc) is 2.62. The molecule has 0 fully saturated rings. The first-order valence-electron chi connectivity index (χ1n) is 8.32. The van der Waals surface area contributed by atoms with Crippen LogP contribution in [0.5, 0.6) is 0 Å². The number of carbonyl (C=O) groups is 2. The number of thioether (sulfide) groups is 1. The first-order valence-corrected chi connectivity index (χ1v) is 9.37. The van der Waals surface area contributed by atoms with Crippen molar-refractivity contribution in [1.82, 2.24) is 5.32 Å². The van der Waals surface area contributed by atoms with E-state index in [4.69, 9.17) is 9.47 Å². The second-order valence-corrected chi connectivity index (χ2v) is 6.74. The summed E-state index contributed by atoms with van der Waals surface area (Å²) < 4.78 is 10.7. The van der Waals surface area contributed by atoms with Crippen molar-refractivity contribution in [2.24, 2.45) is 0 Å². The highest BCUT2D eigenvalue weighted by Gasteiger charge is 2.14. The van der Waals surface area contributed by atoms with Crippen molar-refractivity contribution in [2.75, 3.05) is 30.8 Å². The predicted octanol–water partition coefficient (Wildman–Crippen LogP) is 2.77. The third-order valence-corrected chi connectivity index (χ3v) is 4.12. The molecule has 0 atom stereocenters. The minimum atomic E-state index is -0.283. The van der Waals surface area contributed by atoms with Gasteiger partial charge < -0.3 is 20.1 Å². The van der Waals surface area contributed by atoms with Crippen molar-refractivity contribution in [3.8, 4) is 0 Å². The molecule has 0 aliphatic carbocycles. The highest BCUT2D eigenvalue weighted by atomic mass is 32.2. The van der Waals surface area contributed by atoms with Gasteiger partial charge in [0.2, 0.25) is 0 Å². The highest BCUT2D eigenvalue weighted by Crippen LogP contribution is 2.17. The Morgan fingerprint density at radius 1 is 1.24 bits per heavy atom. The van der Waals surface area contributed by atoms with Crippen molar-refractivity contribution in [1.29, 1.82) is 0 Å². The Labute approximate surface area is 152 Å². The topological polar surface area (TPSA) is 76.7 Å². The van der Waals surface area contributed by atoms with Crippen LogP contribution in [0, 0.1) is 0 Å². The maximum Gasteiger partial charge on any atom is 0.291 e. The third-order valence-electron chi connectivity index (χ3n) is 3.34. The van der Waals surface area contributed by atoms with Gasteiger partial charge in [0.25, 0.3) is 11.8 Å². The summed E-state index contributed by atoms with van der Waals surface area (Å²) in [6.45, 7) is 5.68. The maximum absolute atomic E-state index is 12.1. The Hall–Kier alpha value is -1.99. The van der Waals surface area contributed by atoms with Gasteiger partial charge in [-0.3, -0.25) is 9.59 Å². The van der Waals surface area contributed by atoms with Crippen LogP contribution in [-0.4, -0.2) is 43.4 Å². The largest absolute Gasteiger partial charge is 0.487 e. The zero-order chi connectivity index (χ0) is 18.1. The molecule has 1 aromatic carbocycles. The molecule has 0 bridgehead atoms. The van der Waals surface area contributed by atoms with E-state index < -0.39 is 0 Å². The first kappa shape index (κ1) is 19.3. The number of hydrogen-bond acceptors (Lipinski definition) is 5. The molecule has 136 valence electrons. The molecular weight excluding hydrogens is 340 g/mol. The number of carbonyl (C=O) groups excluding carboxylic acids is 2. The molecule has 1 aromatic rings. The van der Waals surface area contributed by atoms with E-state index in [1.807, 2.05) is 13.8 Å². The van der Waals surface area contributed by atoms with Crippen LogP contribution in [0.15, 0.2) is 35.4 Å². The van der Waals surface area contributed by atoms with E-state index in [2.05, 4.69) is 10.6 Å². The van der Waals surface area contributed by atoms with E-state index in [1.54, 1.807) is 41.4 Å². The summed E-state index contributed by atoms with van der Waals surface area (Å²) >= 11 is 1.55. The molecule has 0 radical (unpaired) electrons. The van der Waals surface area contributed by atoms with Crippen molar-refractivity contribution < 1.29 is 19.1 Å². The van der Waals surface area contributed by atoms with Gasteiger partial charge in [-0.05, 0) is 44.5 Å². The van der Waals surface area contributed by atoms with Crippen LogP contribution in [0.2, 0.25) is 0 Å². The molecule has 0 spiro atoms. The zero-order valence-corrected chi connectivity index (χ0v) is 15.4. The smallest absolute Gasteiger partial charge is 0.291 e. The second-order valence-electron chi connectivity index (χ2n) is 5.76. The lowest BCUT2D eigenvalue weighted by Gasteiger charge is -2.14. The standard InChI is InChI=1S/C18H24N2O4S/c1-13(2)23-9-3-8-19-17(21)14-4-6-15(7-5-14)20-18(22)16-12-25-11-10-24-16/h4-7,12-13H,3,8-11H2,1-2H3,(H,19,21)(H,20,22). The van der Waals surface area contributed by atoms with Gasteiger partial charge in [-0.1, -0.05) is 0 Å². The van der Waals surface area contributed by atoms with Gasteiger partial charge in [0.1, 0.15) is 0 Å². The number of benzene rings is 1. The lowest BCUT2D eigenvalue weighted by molar-refractivity contribution is -0.116. The van der Waals surface area contributed by atoms with Gasteiger partial charge in [0, 0.05) is 35.6 Å². The number of rotatable bonds is 8. The molecule has 0 saturated carbocycles. The van der Waals surface area contributed by atoms with E-state index in [9.17, 15) is 9.59 Å². The monoisotopic (exact) mass is 364 g/mol. The maximum atomic E-state index is 12.1. The summed E-state index contributed by atoms with van der Waals surface area (Å²) in [4.78, 5) is 24.1. The Bertz CT molecular complexity index is 614. The molecule has 0 saturated heterocycles. The molecule has 0 unspecified atom stereocenters. The fourth-order valence-electron chi connectivity index (χ4n) is 2.08. The van der Waals surface area contributed by atoms with Gasteiger partial charge in [0.05, 0.1) is 12.7 Å². The molecule has 7 heteroatoms. The van der Waals surface area contributed by atoms with E-state index in [1.165, 1.54) is 0 Å². The fourth-order valence-corrected chi connectivity index (χ4v) is 2.70. The summed E-state index contributed by atoms with van der Waals surface area (Å²) in [6.07, 6.45) is 0.970. The minimum Gasteiger partial charge on any atom is -0.487 e. The average molecular weight is 364 g/mol. The van der Waals surface area contributed by atoms with Crippen LogP contribution in [0.4, 0.5) is 5.69 Å². The molecule has 2 amide bonds. The van der Waals surface area contributed by atoms with Gasteiger partial charge >= 0.3 is 0 Å². The van der Waals surface area contributed by atoms with Gasteiger partial charge in [-0.25, -0.2) is 0 Å². The molecule has 6 nitrogen and oxygen atoms in total. The van der Waals surface area contributed by atoms with E-state index >= 15 is 0 Å². The van der Waals surface area contributed by atoms with Crippen LogP contribution >= 0.6 is 11.8 Å².